The van der Waals surface area contributed by atoms with Crippen LogP contribution in [0.5, 0.6) is 5.75 Å². The Labute approximate surface area is 130 Å². The van der Waals surface area contributed by atoms with Crippen LogP contribution in [0.2, 0.25) is 5.02 Å². The zero-order chi connectivity index (χ0) is 15.6. The van der Waals surface area contributed by atoms with Gasteiger partial charge in [0.2, 0.25) is 0 Å². The van der Waals surface area contributed by atoms with Gasteiger partial charge in [-0.25, -0.2) is 0 Å². The number of carbonyl (C=O) groups excluding carboxylic acids is 1. The molecule has 0 saturated heterocycles. The van der Waals surface area contributed by atoms with E-state index in [4.69, 9.17) is 16.3 Å². The number of rotatable bonds is 4. The maximum Gasteiger partial charge on any atom is 0.159 e. The Bertz CT molecular complexity index is 667. The van der Waals surface area contributed by atoms with Crippen molar-refractivity contribution in [2.24, 2.45) is 0 Å². The standard InChI is InChI=1S/C18H19ClO2/c1-11-7-12(2)16(13(3)8-11)10-21-18-6-5-15(14(4)20)9-17(18)19/h5-9H,10H2,1-4H3. The Balaban J connectivity index is 2.19. The molecule has 0 aliphatic rings. The fraction of sp³-hybridized carbons (Fsp3) is 0.278. The number of aryl methyl sites for hydroxylation is 3. The molecule has 0 atom stereocenters. The van der Waals surface area contributed by atoms with Crippen LogP contribution in [0.25, 0.3) is 0 Å². The lowest BCUT2D eigenvalue weighted by Gasteiger charge is -2.14. The summed E-state index contributed by atoms with van der Waals surface area (Å²) in [5, 5.41) is 0.463. The zero-order valence-electron chi connectivity index (χ0n) is 12.8. The van der Waals surface area contributed by atoms with Gasteiger partial charge >= 0.3 is 0 Å². The molecule has 0 amide bonds. The van der Waals surface area contributed by atoms with Crippen LogP contribution in [-0.2, 0) is 6.61 Å². The van der Waals surface area contributed by atoms with Crippen molar-refractivity contribution in [3.8, 4) is 5.75 Å². The van der Waals surface area contributed by atoms with Gasteiger partial charge in [-0.05, 0) is 62.6 Å². The van der Waals surface area contributed by atoms with E-state index in [0.717, 1.165) is 0 Å². The average molecular weight is 303 g/mol. The van der Waals surface area contributed by atoms with E-state index in [1.54, 1.807) is 18.2 Å². The summed E-state index contributed by atoms with van der Waals surface area (Å²) in [7, 11) is 0. The van der Waals surface area contributed by atoms with Gasteiger partial charge < -0.3 is 4.74 Å². The van der Waals surface area contributed by atoms with Gasteiger partial charge in [-0.1, -0.05) is 29.3 Å². The van der Waals surface area contributed by atoms with Crippen LogP contribution >= 0.6 is 11.6 Å². The van der Waals surface area contributed by atoms with Crippen molar-refractivity contribution < 1.29 is 9.53 Å². The van der Waals surface area contributed by atoms with Crippen molar-refractivity contribution in [1.29, 1.82) is 0 Å². The molecule has 110 valence electrons. The molecule has 2 nitrogen and oxygen atoms in total. The van der Waals surface area contributed by atoms with Crippen LogP contribution in [-0.4, -0.2) is 5.78 Å². The summed E-state index contributed by atoms with van der Waals surface area (Å²) in [6.07, 6.45) is 0. The Morgan fingerprint density at radius 3 is 2.24 bits per heavy atom. The number of benzene rings is 2. The van der Waals surface area contributed by atoms with E-state index in [9.17, 15) is 4.79 Å². The Kier molecular flexibility index (Phi) is 4.69. The van der Waals surface area contributed by atoms with Gasteiger partial charge in [0.25, 0.3) is 0 Å². The van der Waals surface area contributed by atoms with Crippen molar-refractivity contribution in [1.82, 2.24) is 0 Å². The number of hydrogen-bond acceptors (Lipinski definition) is 2. The van der Waals surface area contributed by atoms with Gasteiger partial charge in [-0.3, -0.25) is 4.79 Å². The summed E-state index contributed by atoms with van der Waals surface area (Å²) in [4.78, 5) is 11.3. The first-order valence-corrected chi connectivity index (χ1v) is 7.26. The van der Waals surface area contributed by atoms with Crippen LogP contribution in [0.3, 0.4) is 0 Å². The lowest BCUT2D eigenvalue weighted by Crippen LogP contribution is -2.02. The summed E-state index contributed by atoms with van der Waals surface area (Å²) in [6, 6.07) is 9.42. The van der Waals surface area contributed by atoms with Crippen LogP contribution in [0.1, 0.15) is 39.5 Å². The molecule has 0 bridgehead atoms. The highest BCUT2D eigenvalue weighted by atomic mass is 35.5. The van der Waals surface area contributed by atoms with Crippen LogP contribution < -0.4 is 4.74 Å². The average Bonchev–Trinajstić information content (AvgIpc) is 2.38. The minimum atomic E-state index is -0.00586. The van der Waals surface area contributed by atoms with Crippen LogP contribution in [0.15, 0.2) is 30.3 Å². The monoisotopic (exact) mass is 302 g/mol. The predicted octanol–water partition coefficient (Wildman–Crippen LogP) is 5.05. The van der Waals surface area contributed by atoms with E-state index in [0.29, 0.717) is 22.9 Å². The first-order chi connectivity index (χ1) is 9.88. The van der Waals surface area contributed by atoms with Crippen molar-refractivity contribution >= 4 is 17.4 Å². The molecule has 0 aromatic heterocycles. The van der Waals surface area contributed by atoms with Gasteiger partial charge in [0.15, 0.2) is 5.78 Å². The molecule has 0 unspecified atom stereocenters. The summed E-state index contributed by atoms with van der Waals surface area (Å²) in [5.41, 5.74) is 5.44. The minimum Gasteiger partial charge on any atom is -0.487 e. The van der Waals surface area contributed by atoms with E-state index in [2.05, 4.69) is 32.9 Å². The molecule has 2 aromatic rings. The fourth-order valence-electron chi connectivity index (χ4n) is 2.42. The Morgan fingerprint density at radius 1 is 1.10 bits per heavy atom. The highest BCUT2D eigenvalue weighted by molar-refractivity contribution is 6.32. The van der Waals surface area contributed by atoms with Gasteiger partial charge in [0.05, 0.1) is 5.02 Å². The normalized spacial score (nSPS) is 10.5. The van der Waals surface area contributed by atoms with E-state index in [1.165, 1.54) is 29.2 Å². The third kappa shape index (κ3) is 3.64. The zero-order valence-corrected chi connectivity index (χ0v) is 13.5. The van der Waals surface area contributed by atoms with Crippen LogP contribution in [0.4, 0.5) is 0 Å². The molecular weight excluding hydrogens is 284 g/mol. The first kappa shape index (κ1) is 15.6. The molecule has 0 heterocycles. The minimum absolute atomic E-state index is 0.00586. The molecule has 21 heavy (non-hydrogen) atoms. The van der Waals surface area contributed by atoms with Gasteiger partial charge in [-0.2, -0.15) is 0 Å². The molecule has 0 spiro atoms. The van der Waals surface area contributed by atoms with Gasteiger partial charge in [0, 0.05) is 5.56 Å². The summed E-state index contributed by atoms with van der Waals surface area (Å²) >= 11 is 6.17. The summed E-state index contributed by atoms with van der Waals surface area (Å²) < 4.78 is 5.82. The predicted molar refractivity (Wildman–Crippen MR) is 86.4 cm³/mol. The lowest BCUT2D eigenvalue weighted by atomic mass is 10.0. The van der Waals surface area contributed by atoms with Crippen molar-refractivity contribution in [2.45, 2.75) is 34.3 Å². The van der Waals surface area contributed by atoms with E-state index < -0.39 is 0 Å². The van der Waals surface area contributed by atoms with E-state index >= 15 is 0 Å². The topological polar surface area (TPSA) is 26.3 Å². The molecule has 2 aromatic carbocycles. The van der Waals surface area contributed by atoms with Crippen molar-refractivity contribution in [3.05, 3.63) is 63.2 Å². The number of carbonyl (C=O) groups is 1. The second-order valence-corrected chi connectivity index (χ2v) is 5.77. The van der Waals surface area contributed by atoms with Gasteiger partial charge in [0.1, 0.15) is 12.4 Å². The van der Waals surface area contributed by atoms with Crippen molar-refractivity contribution in [2.75, 3.05) is 0 Å². The van der Waals surface area contributed by atoms with Crippen molar-refractivity contribution in [3.63, 3.8) is 0 Å². The maximum absolute atomic E-state index is 11.3. The molecular formula is C18H19ClO2. The number of ether oxygens (including phenoxy) is 1. The number of halogens is 1. The first-order valence-electron chi connectivity index (χ1n) is 6.88. The second-order valence-electron chi connectivity index (χ2n) is 5.37. The number of hydrogen-bond donors (Lipinski definition) is 0. The lowest BCUT2D eigenvalue weighted by molar-refractivity contribution is 0.101. The number of Topliss-reactive ketones (excluding diaryl/α,β-unsaturated/α-hetero) is 1. The fourth-order valence-corrected chi connectivity index (χ4v) is 2.66. The molecule has 0 fully saturated rings. The largest absolute Gasteiger partial charge is 0.487 e. The molecule has 3 heteroatoms. The quantitative estimate of drug-likeness (QED) is 0.739. The maximum atomic E-state index is 11.3. The summed E-state index contributed by atoms with van der Waals surface area (Å²) in [6.45, 7) is 8.24. The highest BCUT2D eigenvalue weighted by Gasteiger charge is 2.09. The Morgan fingerprint density at radius 2 is 1.71 bits per heavy atom. The molecule has 0 N–H and O–H groups in total. The molecule has 0 saturated carbocycles. The highest BCUT2D eigenvalue weighted by Crippen LogP contribution is 2.27. The van der Waals surface area contributed by atoms with Gasteiger partial charge in [-0.15, -0.1) is 0 Å². The molecule has 2 rings (SSSR count). The smallest absolute Gasteiger partial charge is 0.159 e. The third-order valence-electron chi connectivity index (χ3n) is 3.55. The Hall–Kier alpha value is -1.80. The second kappa shape index (κ2) is 6.31. The summed E-state index contributed by atoms with van der Waals surface area (Å²) in [5.74, 6) is 0.592. The third-order valence-corrected chi connectivity index (χ3v) is 3.85. The molecule has 0 aliphatic carbocycles. The van der Waals surface area contributed by atoms with E-state index in [1.807, 2.05) is 0 Å². The molecule has 0 aliphatic heterocycles. The van der Waals surface area contributed by atoms with Crippen LogP contribution in [0, 0.1) is 20.8 Å². The number of ketones is 1. The van der Waals surface area contributed by atoms with E-state index in [-0.39, 0.29) is 5.78 Å². The SMILES string of the molecule is CC(=O)c1ccc(OCc2c(C)cc(C)cc2C)c(Cl)c1. The molecule has 0 radical (unpaired) electrons.